The minimum absolute atomic E-state index is 0.0190. The standard InChI is InChI=1S/C14H27NO2/c1-13-16-11-9-15(10-12-17-13)14-7-5-3-2-4-6-8-14/h13-14H,2-12H2,1H3. The summed E-state index contributed by atoms with van der Waals surface area (Å²) in [6.45, 7) is 5.79. The molecule has 0 atom stereocenters. The molecule has 3 heteroatoms. The van der Waals surface area contributed by atoms with E-state index < -0.39 is 0 Å². The molecule has 0 aromatic heterocycles. The van der Waals surface area contributed by atoms with E-state index in [1.165, 1.54) is 44.9 Å². The topological polar surface area (TPSA) is 21.7 Å². The monoisotopic (exact) mass is 241 g/mol. The highest BCUT2D eigenvalue weighted by atomic mass is 16.7. The van der Waals surface area contributed by atoms with Crippen molar-refractivity contribution in [2.24, 2.45) is 0 Å². The predicted octanol–water partition coefficient (Wildman–Crippen LogP) is 2.79. The lowest BCUT2D eigenvalue weighted by atomic mass is 9.95. The zero-order valence-corrected chi connectivity index (χ0v) is 11.2. The van der Waals surface area contributed by atoms with Gasteiger partial charge in [0.15, 0.2) is 6.29 Å². The Morgan fingerprint density at radius 2 is 1.35 bits per heavy atom. The Labute approximate surface area is 105 Å². The Morgan fingerprint density at radius 1 is 0.824 bits per heavy atom. The molecule has 100 valence electrons. The van der Waals surface area contributed by atoms with Gasteiger partial charge in [0.25, 0.3) is 0 Å². The lowest BCUT2D eigenvalue weighted by molar-refractivity contribution is -0.153. The van der Waals surface area contributed by atoms with Crippen LogP contribution in [0.4, 0.5) is 0 Å². The van der Waals surface area contributed by atoms with E-state index in [0.29, 0.717) is 0 Å². The molecule has 0 unspecified atom stereocenters. The summed E-state index contributed by atoms with van der Waals surface area (Å²) in [6.07, 6.45) is 9.82. The summed E-state index contributed by atoms with van der Waals surface area (Å²) in [5.74, 6) is 0. The minimum Gasteiger partial charge on any atom is -0.352 e. The number of hydrogen-bond acceptors (Lipinski definition) is 3. The minimum atomic E-state index is -0.0190. The highest BCUT2D eigenvalue weighted by molar-refractivity contribution is 4.74. The van der Waals surface area contributed by atoms with Crippen LogP contribution in [0.2, 0.25) is 0 Å². The molecule has 1 aliphatic heterocycles. The smallest absolute Gasteiger partial charge is 0.154 e. The van der Waals surface area contributed by atoms with E-state index in [9.17, 15) is 0 Å². The Balaban J connectivity index is 1.81. The molecule has 0 aromatic rings. The van der Waals surface area contributed by atoms with Crippen molar-refractivity contribution in [3.63, 3.8) is 0 Å². The molecular formula is C14H27NO2. The lowest BCUT2D eigenvalue weighted by Gasteiger charge is -2.35. The van der Waals surface area contributed by atoms with Gasteiger partial charge in [0.1, 0.15) is 0 Å². The van der Waals surface area contributed by atoms with Crippen molar-refractivity contribution >= 4 is 0 Å². The van der Waals surface area contributed by atoms with Gasteiger partial charge >= 0.3 is 0 Å². The maximum atomic E-state index is 5.60. The molecule has 1 heterocycles. The average Bonchev–Trinajstić information content (AvgIpc) is 2.23. The van der Waals surface area contributed by atoms with Crippen molar-refractivity contribution in [3.05, 3.63) is 0 Å². The Hall–Kier alpha value is -0.120. The van der Waals surface area contributed by atoms with E-state index in [0.717, 1.165) is 32.3 Å². The van der Waals surface area contributed by atoms with Gasteiger partial charge < -0.3 is 9.47 Å². The van der Waals surface area contributed by atoms with Crippen LogP contribution in [0.3, 0.4) is 0 Å². The fraction of sp³-hybridized carbons (Fsp3) is 1.00. The number of rotatable bonds is 1. The van der Waals surface area contributed by atoms with E-state index in [4.69, 9.17) is 9.47 Å². The quantitative estimate of drug-likeness (QED) is 0.704. The maximum Gasteiger partial charge on any atom is 0.154 e. The van der Waals surface area contributed by atoms with Gasteiger partial charge in [-0.15, -0.1) is 0 Å². The molecule has 0 amide bonds. The average molecular weight is 241 g/mol. The van der Waals surface area contributed by atoms with Crippen molar-refractivity contribution in [2.45, 2.75) is 64.2 Å². The first-order chi connectivity index (χ1) is 8.36. The second-order valence-electron chi connectivity index (χ2n) is 5.34. The molecule has 0 radical (unpaired) electrons. The first-order valence-electron chi connectivity index (χ1n) is 7.33. The number of ether oxygens (including phenoxy) is 2. The largest absolute Gasteiger partial charge is 0.352 e. The molecule has 1 saturated heterocycles. The first kappa shape index (κ1) is 13.3. The van der Waals surface area contributed by atoms with Crippen LogP contribution in [0.15, 0.2) is 0 Å². The SMILES string of the molecule is CC1OCCN(C2CCCCCCC2)CCO1. The van der Waals surface area contributed by atoms with Crippen molar-refractivity contribution < 1.29 is 9.47 Å². The first-order valence-corrected chi connectivity index (χ1v) is 7.33. The zero-order valence-electron chi connectivity index (χ0n) is 11.2. The van der Waals surface area contributed by atoms with Crippen LogP contribution in [0.25, 0.3) is 0 Å². The van der Waals surface area contributed by atoms with E-state index in [-0.39, 0.29) is 6.29 Å². The van der Waals surface area contributed by atoms with Crippen LogP contribution in [0, 0.1) is 0 Å². The van der Waals surface area contributed by atoms with Crippen LogP contribution in [0.5, 0.6) is 0 Å². The molecule has 2 rings (SSSR count). The second-order valence-corrected chi connectivity index (χ2v) is 5.34. The second kappa shape index (κ2) is 7.34. The molecule has 0 spiro atoms. The Bertz CT molecular complexity index is 192. The zero-order chi connectivity index (χ0) is 11.9. The summed E-state index contributed by atoms with van der Waals surface area (Å²) in [5.41, 5.74) is 0. The lowest BCUT2D eigenvalue weighted by Crippen LogP contribution is -2.42. The normalized spacial score (nSPS) is 28.1. The summed E-state index contributed by atoms with van der Waals surface area (Å²) >= 11 is 0. The van der Waals surface area contributed by atoms with Crippen LogP contribution >= 0.6 is 0 Å². The summed E-state index contributed by atoms with van der Waals surface area (Å²) < 4.78 is 11.2. The van der Waals surface area contributed by atoms with E-state index in [2.05, 4.69) is 4.90 Å². The number of nitrogens with zero attached hydrogens (tertiary/aromatic N) is 1. The van der Waals surface area contributed by atoms with Crippen molar-refractivity contribution in [2.75, 3.05) is 26.3 Å². The van der Waals surface area contributed by atoms with Gasteiger partial charge in [-0.1, -0.05) is 32.1 Å². The molecule has 17 heavy (non-hydrogen) atoms. The van der Waals surface area contributed by atoms with Gasteiger partial charge in [-0.3, -0.25) is 4.90 Å². The fourth-order valence-corrected chi connectivity index (χ4v) is 3.00. The summed E-state index contributed by atoms with van der Waals surface area (Å²) in [6, 6.07) is 0.774. The van der Waals surface area contributed by atoms with Crippen LogP contribution in [-0.4, -0.2) is 43.5 Å². The number of hydrogen-bond donors (Lipinski definition) is 0. The summed E-state index contributed by atoms with van der Waals surface area (Å²) in [7, 11) is 0. The predicted molar refractivity (Wildman–Crippen MR) is 69.0 cm³/mol. The summed E-state index contributed by atoms with van der Waals surface area (Å²) in [4.78, 5) is 2.59. The molecule has 3 nitrogen and oxygen atoms in total. The van der Waals surface area contributed by atoms with Gasteiger partial charge in [0, 0.05) is 19.1 Å². The van der Waals surface area contributed by atoms with Gasteiger partial charge in [-0.2, -0.15) is 0 Å². The van der Waals surface area contributed by atoms with Crippen LogP contribution in [0.1, 0.15) is 51.9 Å². The molecule has 2 aliphatic rings. The molecule has 0 aromatic carbocycles. The third kappa shape index (κ3) is 4.57. The Kier molecular flexibility index (Phi) is 5.75. The van der Waals surface area contributed by atoms with Gasteiger partial charge in [-0.25, -0.2) is 0 Å². The van der Waals surface area contributed by atoms with Crippen LogP contribution < -0.4 is 0 Å². The molecule has 0 bridgehead atoms. The van der Waals surface area contributed by atoms with Gasteiger partial charge in [0.2, 0.25) is 0 Å². The van der Waals surface area contributed by atoms with Crippen molar-refractivity contribution in [1.29, 1.82) is 0 Å². The van der Waals surface area contributed by atoms with E-state index in [1.807, 2.05) is 6.92 Å². The molecule has 1 aliphatic carbocycles. The Morgan fingerprint density at radius 3 is 1.94 bits per heavy atom. The van der Waals surface area contributed by atoms with Crippen LogP contribution in [-0.2, 0) is 9.47 Å². The van der Waals surface area contributed by atoms with E-state index in [1.54, 1.807) is 0 Å². The third-order valence-electron chi connectivity index (χ3n) is 4.05. The van der Waals surface area contributed by atoms with Gasteiger partial charge in [0.05, 0.1) is 13.2 Å². The third-order valence-corrected chi connectivity index (χ3v) is 4.05. The molecular weight excluding hydrogens is 214 g/mol. The highest BCUT2D eigenvalue weighted by Crippen LogP contribution is 2.21. The van der Waals surface area contributed by atoms with Crippen molar-refractivity contribution in [1.82, 2.24) is 4.90 Å². The highest BCUT2D eigenvalue weighted by Gasteiger charge is 2.21. The maximum absolute atomic E-state index is 5.60. The molecule has 2 fully saturated rings. The molecule has 0 N–H and O–H groups in total. The summed E-state index contributed by atoms with van der Waals surface area (Å²) in [5, 5.41) is 0. The van der Waals surface area contributed by atoms with Gasteiger partial charge in [-0.05, 0) is 19.8 Å². The molecule has 1 saturated carbocycles. The van der Waals surface area contributed by atoms with Crippen molar-refractivity contribution in [3.8, 4) is 0 Å². The van der Waals surface area contributed by atoms with E-state index >= 15 is 0 Å². The fourth-order valence-electron chi connectivity index (χ4n) is 3.00.